The quantitative estimate of drug-likeness (QED) is 0.177. The average molecular weight is 660 g/mol. The van der Waals surface area contributed by atoms with Gasteiger partial charge >= 0.3 is 0 Å². The fourth-order valence-electron chi connectivity index (χ4n) is 7.01. The number of fused-ring (bicyclic) bond motifs is 6. The average Bonchev–Trinajstić information content (AvgIpc) is 3.82. The van der Waals surface area contributed by atoms with Crippen LogP contribution in [0.4, 0.5) is 17.1 Å². The fraction of sp³-hybridized carbons (Fsp3) is 0. The Bertz CT molecular complexity index is 3230. The SMILES string of the molecule is [2H]c1c([2H])c([2H])c2c(c1[2H])c1c([2H])c(-c3ccc(N(c4ccc(-c5ccccc5)cc4)c4ccc5c(c4)oc4ccccc45)cc3)c([2H])c([2H])c1n2-c1ccccc1. The summed E-state index contributed by atoms with van der Waals surface area (Å²) in [6.07, 6.45) is 0. The standard InChI is InChI=1S/C48H32N2O/c1-3-11-33(12-4-1)34-19-24-38(25-20-34)49(40-28-29-43-42-16-8-10-18-47(42)51-48(43)32-40)39-26-21-35(22-27-39)36-23-30-46-44(31-36)41-15-7-9-17-45(41)50(46)37-13-5-2-6-14-37/h1-32H/i7D,9D,15D,17D,23D,30D,31D. The van der Waals surface area contributed by atoms with Crippen LogP contribution in [0.15, 0.2) is 198 Å². The number of furan rings is 1. The van der Waals surface area contributed by atoms with E-state index < -0.39 is 12.1 Å². The highest BCUT2D eigenvalue weighted by Gasteiger charge is 2.17. The van der Waals surface area contributed by atoms with E-state index in [4.69, 9.17) is 9.90 Å². The molecular formula is C48H32N2O. The minimum absolute atomic E-state index is 0.0860. The van der Waals surface area contributed by atoms with Crippen LogP contribution < -0.4 is 4.90 Å². The maximum Gasteiger partial charge on any atom is 0.137 e. The molecule has 8 aromatic carbocycles. The molecule has 0 aliphatic heterocycles. The monoisotopic (exact) mass is 659 g/mol. The van der Waals surface area contributed by atoms with Gasteiger partial charge in [0.25, 0.3) is 0 Å². The van der Waals surface area contributed by atoms with Crippen LogP contribution in [0, 0.1) is 0 Å². The van der Waals surface area contributed by atoms with Crippen molar-refractivity contribution in [2.45, 2.75) is 0 Å². The molecule has 0 aliphatic carbocycles. The van der Waals surface area contributed by atoms with Crippen molar-refractivity contribution in [1.29, 1.82) is 0 Å². The first-order valence-electron chi connectivity index (χ1n) is 20.3. The van der Waals surface area contributed by atoms with Crippen LogP contribution >= 0.6 is 0 Å². The largest absolute Gasteiger partial charge is 0.456 e. The van der Waals surface area contributed by atoms with Gasteiger partial charge in [0.2, 0.25) is 0 Å². The lowest BCUT2D eigenvalue weighted by atomic mass is 10.0. The van der Waals surface area contributed by atoms with Gasteiger partial charge in [-0.25, -0.2) is 0 Å². The van der Waals surface area contributed by atoms with E-state index in [1.165, 1.54) is 0 Å². The van der Waals surface area contributed by atoms with Gasteiger partial charge < -0.3 is 13.9 Å². The van der Waals surface area contributed by atoms with Crippen LogP contribution in [0.3, 0.4) is 0 Å². The summed E-state index contributed by atoms with van der Waals surface area (Å²) in [7, 11) is 0. The molecule has 0 unspecified atom stereocenters. The van der Waals surface area contributed by atoms with Crippen molar-refractivity contribution in [2.75, 3.05) is 4.90 Å². The zero-order valence-corrected chi connectivity index (χ0v) is 27.2. The molecule has 3 heteroatoms. The van der Waals surface area contributed by atoms with Crippen molar-refractivity contribution in [3.05, 3.63) is 194 Å². The zero-order chi connectivity index (χ0) is 39.8. The Labute approximate surface area is 305 Å². The van der Waals surface area contributed by atoms with E-state index in [1.807, 2.05) is 72.8 Å². The maximum absolute atomic E-state index is 9.59. The summed E-state index contributed by atoms with van der Waals surface area (Å²) < 4.78 is 71.0. The highest BCUT2D eigenvalue weighted by molar-refractivity contribution is 6.10. The Hall–Kier alpha value is -6.84. The van der Waals surface area contributed by atoms with Crippen molar-refractivity contribution >= 4 is 60.8 Å². The van der Waals surface area contributed by atoms with Gasteiger partial charge in [-0.1, -0.05) is 115 Å². The fourth-order valence-corrected chi connectivity index (χ4v) is 7.01. The molecule has 2 heterocycles. The Morgan fingerprint density at radius 2 is 1.02 bits per heavy atom. The third-order valence-corrected chi connectivity index (χ3v) is 9.44. The summed E-state index contributed by atoms with van der Waals surface area (Å²) in [5, 5.41) is 2.40. The molecule has 0 fully saturated rings. The van der Waals surface area contributed by atoms with Gasteiger partial charge in [0, 0.05) is 50.4 Å². The first-order chi connectivity index (χ1) is 28.2. The number of para-hydroxylation sites is 3. The summed E-state index contributed by atoms with van der Waals surface area (Å²) in [4.78, 5) is 2.12. The molecule has 10 rings (SSSR count). The number of aromatic nitrogens is 1. The molecule has 2 aromatic heterocycles. The van der Waals surface area contributed by atoms with E-state index in [-0.39, 0.29) is 57.6 Å². The molecule has 0 radical (unpaired) electrons. The molecule has 51 heavy (non-hydrogen) atoms. The molecule has 0 spiro atoms. The van der Waals surface area contributed by atoms with Gasteiger partial charge in [-0.3, -0.25) is 0 Å². The van der Waals surface area contributed by atoms with Crippen molar-refractivity contribution in [3.63, 3.8) is 0 Å². The molecule has 0 saturated carbocycles. The summed E-state index contributed by atoms with van der Waals surface area (Å²) in [6.45, 7) is 0. The Kier molecular flexibility index (Phi) is 5.32. The molecule has 0 amide bonds. The van der Waals surface area contributed by atoms with Gasteiger partial charge in [0.15, 0.2) is 0 Å². The first kappa shape index (κ1) is 22.7. The summed E-state index contributed by atoms with van der Waals surface area (Å²) in [6, 6.07) is 47.4. The van der Waals surface area contributed by atoms with Gasteiger partial charge in [-0.15, -0.1) is 0 Å². The number of hydrogen-bond donors (Lipinski definition) is 0. The second kappa shape index (κ2) is 11.9. The van der Waals surface area contributed by atoms with Crippen molar-refractivity contribution in [3.8, 4) is 27.9 Å². The predicted molar refractivity (Wildman–Crippen MR) is 214 cm³/mol. The van der Waals surface area contributed by atoms with Crippen LogP contribution in [0.1, 0.15) is 9.60 Å². The highest BCUT2D eigenvalue weighted by Crippen LogP contribution is 2.40. The molecule has 240 valence electrons. The lowest BCUT2D eigenvalue weighted by molar-refractivity contribution is 0.669. The molecule has 0 atom stereocenters. The van der Waals surface area contributed by atoms with E-state index in [2.05, 4.69) is 59.5 Å². The minimum Gasteiger partial charge on any atom is -0.456 e. The predicted octanol–water partition coefficient (Wildman–Crippen LogP) is 13.5. The third-order valence-electron chi connectivity index (χ3n) is 9.44. The van der Waals surface area contributed by atoms with Crippen LogP contribution in [0.25, 0.3) is 71.7 Å². The van der Waals surface area contributed by atoms with Gasteiger partial charge in [-0.2, -0.15) is 0 Å². The second-order valence-electron chi connectivity index (χ2n) is 12.4. The van der Waals surface area contributed by atoms with Crippen LogP contribution in [-0.4, -0.2) is 4.57 Å². The lowest BCUT2D eigenvalue weighted by Crippen LogP contribution is -2.09. The third kappa shape index (κ3) is 4.98. The molecule has 0 bridgehead atoms. The number of anilines is 3. The maximum atomic E-state index is 9.59. The van der Waals surface area contributed by atoms with Gasteiger partial charge in [0.05, 0.1) is 20.6 Å². The number of benzene rings is 8. The number of hydrogen-bond acceptors (Lipinski definition) is 2. The van der Waals surface area contributed by atoms with E-state index in [1.54, 1.807) is 28.8 Å². The summed E-state index contributed by atoms with van der Waals surface area (Å²) in [5.41, 5.74) is 7.99. The Balaban J connectivity index is 1.15. The molecule has 10 aromatic rings. The lowest BCUT2D eigenvalue weighted by Gasteiger charge is -2.26. The van der Waals surface area contributed by atoms with Crippen molar-refractivity contribution < 1.29 is 14.0 Å². The zero-order valence-electron chi connectivity index (χ0n) is 34.2. The Morgan fingerprint density at radius 3 is 1.78 bits per heavy atom. The second-order valence-corrected chi connectivity index (χ2v) is 12.4. The van der Waals surface area contributed by atoms with Crippen LogP contribution in [0.2, 0.25) is 0 Å². The number of rotatable bonds is 6. The van der Waals surface area contributed by atoms with Gasteiger partial charge in [-0.05, 0) is 95.0 Å². The van der Waals surface area contributed by atoms with Crippen molar-refractivity contribution in [2.24, 2.45) is 0 Å². The van der Waals surface area contributed by atoms with E-state index in [0.717, 1.165) is 50.1 Å². The van der Waals surface area contributed by atoms with E-state index in [9.17, 15) is 4.11 Å². The normalized spacial score (nSPS) is 13.5. The van der Waals surface area contributed by atoms with E-state index in [0.29, 0.717) is 11.3 Å². The minimum atomic E-state index is -0.422. The summed E-state index contributed by atoms with van der Waals surface area (Å²) >= 11 is 0. The van der Waals surface area contributed by atoms with Gasteiger partial charge in [0.1, 0.15) is 11.2 Å². The molecule has 0 aliphatic rings. The highest BCUT2D eigenvalue weighted by atomic mass is 16.3. The van der Waals surface area contributed by atoms with Crippen molar-refractivity contribution in [1.82, 2.24) is 4.57 Å². The molecule has 0 saturated heterocycles. The smallest absolute Gasteiger partial charge is 0.137 e. The Morgan fingerprint density at radius 1 is 0.431 bits per heavy atom. The topological polar surface area (TPSA) is 21.3 Å². The molecule has 0 N–H and O–H groups in total. The van der Waals surface area contributed by atoms with E-state index >= 15 is 0 Å². The van der Waals surface area contributed by atoms with Crippen LogP contribution in [-0.2, 0) is 0 Å². The molecule has 3 nitrogen and oxygen atoms in total. The summed E-state index contributed by atoms with van der Waals surface area (Å²) in [5.74, 6) is 0. The molecular weight excluding hydrogens is 621 g/mol. The van der Waals surface area contributed by atoms with Crippen LogP contribution in [0.5, 0.6) is 0 Å². The number of nitrogens with zero attached hydrogens (tertiary/aromatic N) is 2. The first-order valence-corrected chi connectivity index (χ1v) is 16.8.